The Labute approximate surface area is 133 Å². The molecule has 0 heterocycles. The monoisotopic (exact) mass is 353 g/mol. The van der Waals surface area contributed by atoms with Gasteiger partial charge in [-0.15, -0.1) is 0 Å². The highest BCUT2D eigenvalue weighted by Gasteiger charge is 2.08. The van der Waals surface area contributed by atoms with Gasteiger partial charge in [0.25, 0.3) is 0 Å². The van der Waals surface area contributed by atoms with Gasteiger partial charge in [0.05, 0.1) is 4.47 Å². The molecule has 0 aromatic heterocycles. The summed E-state index contributed by atoms with van der Waals surface area (Å²) >= 11 is 9.43. The summed E-state index contributed by atoms with van der Waals surface area (Å²) in [6.07, 6.45) is 0. The maximum Gasteiger partial charge on any atom is 0.138 e. The highest BCUT2D eigenvalue weighted by Crippen LogP contribution is 2.30. The van der Waals surface area contributed by atoms with Crippen molar-refractivity contribution in [3.05, 3.63) is 63.1 Å². The summed E-state index contributed by atoms with van der Waals surface area (Å²) in [4.78, 5) is 0. The van der Waals surface area contributed by atoms with Crippen LogP contribution in [0.15, 0.2) is 46.9 Å². The topological polar surface area (TPSA) is 21.3 Å². The number of nitrogens with one attached hydrogen (secondary N) is 1. The van der Waals surface area contributed by atoms with Gasteiger partial charge < -0.3 is 10.1 Å². The lowest BCUT2D eigenvalue weighted by molar-refractivity contribution is 0.300. The molecule has 0 amide bonds. The molecule has 1 N–H and O–H groups in total. The summed E-state index contributed by atoms with van der Waals surface area (Å²) in [6.45, 7) is 4.35. The third-order valence-corrected chi connectivity index (χ3v) is 3.79. The van der Waals surface area contributed by atoms with Crippen molar-refractivity contribution in [3.63, 3.8) is 0 Å². The van der Waals surface area contributed by atoms with E-state index in [2.05, 4.69) is 34.2 Å². The zero-order chi connectivity index (χ0) is 14.4. The molecule has 0 atom stereocenters. The Kier molecular flexibility index (Phi) is 5.89. The predicted molar refractivity (Wildman–Crippen MR) is 87.3 cm³/mol. The van der Waals surface area contributed by atoms with E-state index in [-0.39, 0.29) is 0 Å². The van der Waals surface area contributed by atoms with Gasteiger partial charge in [0, 0.05) is 17.1 Å². The molecule has 0 fully saturated rings. The van der Waals surface area contributed by atoms with Gasteiger partial charge >= 0.3 is 0 Å². The summed E-state index contributed by atoms with van der Waals surface area (Å²) in [5.41, 5.74) is 2.25. The predicted octanol–water partition coefficient (Wildman–Crippen LogP) is 4.79. The zero-order valence-electron chi connectivity index (χ0n) is 11.3. The largest absolute Gasteiger partial charge is 0.487 e. The molecule has 0 aliphatic carbocycles. The first-order valence-electron chi connectivity index (χ1n) is 6.56. The van der Waals surface area contributed by atoms with Crippen LogP contribution in [-0.4, -0.2) is 6.54 Å². The van der Waals surface area contributed by atoms with E-state index < -0.39 is 0 Å². The second-order valence-electron chi connectivity index (χ2n) is 4.42. The van der Waals surface area contributed by atoms with Gasteiger partial charge in [-0.25, -0.2) is 0 Å². The van der Waals surface area contributed by atoms with Gasteiger partial charge in [0.1, 0.15) is 12.4 Å². The molecule has 0 unspecified atom stereocenters. The van der Waals surface area contributed by atoms with Gasteiger partial charge in [-0.05, 0) is 46.2 Å². The standard InChI is InChI=1S/C16H17BrClNO/c1-2-19-10-13-4-3-5-15(17)16(13)20-11-12-6-8-14(18)9-7-12/h3-9,19H,2,10-11H2,1H3. The maximum absolute atomic E-state index is 5.96. The van der Waals surface area contributed by atoms with E-state index in [4.69, 9.17) is 16.3 Å². The van der Waals surface area contributed by atoms with E-state index in [0.29, 0.717) is 6.61 Å². The molecule has 2 nitrogen and oxygen atoms in total. The van der Waals surface area contributed by atoms with Gasteiger partial charge in [-0.3, -0.25) is 0 Å². The highest BCUT2D eigenvalue weighted by molar-refractivity contribution is 9.10. The summed E-state index contributed by atoms with van der Waals surface area (Å²) in [5, 5.41) is 4.06. The minimum atomic E-state index is 0.527. The van der Waals surface area contributed by atoms with Crippen molar-refractivity contribution >= 4 is 27.5 Å². The fourth-order valence-electron chi connectivity index (χ4n) is 1.85. The molecule has 20 heavy (non-hydrogen) atoms. The molecule has 0 saturated carbocycles. The van der Waals surface area contributed by atoms with Crippen LogP contribution in [0.1, 0.15) is 18.1 Å². The summed E-state index contributed by atoms with van der Waals surface area (Å²) in [6, 6.07) is 13.8. The number of hydrogen-bond acceptors (Lipinski definition) is 2. The first-order chi connectivity index (χ1) is 9.70. The molecule has 0 spiro atoms. The van der Waals surface area contributed by atoms with E-state index in [1.54, 1.807) is 0 Å². The highest BCUT2D eigenvalue weighted by atomic mass is 79.9. The molecule has 2 aromatic carbocycles. The third-order valence-electron chi connectivity index (χ3n) is 2.91. The average Bonchev–Trinajstić information content (AvgIpc) is 2.46. The molecule has 0 saturated heterocycles. The second-order valence-corrected chi connectivity index (χ2v) is 5.71. The smallest absolute Gasteiger partial charge is 0.138 e. The summed E-state index contributed by atoms with van der Waals surface area (Å²) < 4.78 is 6.93. The Morgan fingerprint density at radius 3 is 2.60 bits per heavy atom. The molecule has 0 bridgehead atoms. The molecule has 0 radical (unpaired) electrons. The molecular formula is C16H17BrClNO. The Hall–Kier alpha value is -1.03. The van der Waals surface area contributed by atoms with Crippen molar-refractivity contribution in [2.75, 3.05) is 6.54 Å². The van der Waals surface area contributed by atoms with E-state index in [0.717, 1.165) is 39.5 Å². The van der Waals surface area contributed by atoms with Crippen LogP contribution in [0.4, 0.5) is 0 Å². The minimum Gasteiger partial charge on any atom is -0.487 e. The number of benzene rings is 2. The van der Waals surface area contributed by atoms with Crippen LogP contribution in [0.2, 0.25) is 5.02 Å². The van der Waals surface area contributed by atoms with Crippen molar-refractivity contribution in [1.29, 1.82) is 0 Å². The van der Waals surface area contributed by atoms with Crippen LogP contribution in [0.5, 0.6) is 5.75 Å². The molecular weight excluding hydrogens is 338 g/mol. The van der Waals surface area contributed by atoms with Crippen molar-refractivity contribution in [3.8, 4) is 5.75 Å². The fraction of sp³-hybridized carbons (Fsp3) is 0.250. The molecule has 0 aliphatic heterocycles. The van der Waals surface area contributed by atoms with E-state index in [1.807, 2.05) is 36.4 Å². The summed E-state index contributed by atoms with van der Waals surface area (Å²) in [7, 11) is 0. The number of hydrogen-bond donors (Lipinski definition) is 1. The molecule has 2 rings (SSSR count). The van der Waals surface area contributed by atoms with Gasteiger partial charge in [-0.2, -0.15) is 0 Å². The second kappa shape index (κ2) is 7.67. The lowest BCUT2D eigenvalue weighted by Crippen LogP contribution is -2.13. The van der Waals surface area contributed by atoms with Gasteiger partial charge in [-0.1, -0.05) is 42.8 Å². The van der Waals surface area contributed by atoms with E-state index in [9.17, 15) is 0 Å². The van der Waals surface area contributed by atoms with Crippen LogP contribution >= 0.6 is 27.5 Å². The number of ether oxygens (including phenoxy) is 1. The van der Waals surface area contributed by atoms with E-state index in [1.165, 1.54) is 0 Å². The molecule has 106 valence electrons. The first-order valence-corrected chi connectivity index (χ1v) is 7.73. The Balaban J connectivity index is 2.09. The maximum atomic E-state index is 5.96. The van der Waals surface area contributed by atoms with E-state index >= 15 is 0 Å². The fourth-order valence-corrected chi connectivity index (χ4v) is 2.50. The third kappa shape index (κ3) is 4.23. The quantitative estimate of drug-likeness (QED) is 0.805. The van der Waals surface area contributed by atoms with Crippen molar-refractivity contribution in [2.45, 2.75) is 20.1 Å². The minimum absolute atomic E-state index is 0.527. The molecule has 2 aromatic rings. The van der Waals surface area contributed by atoms with Gasteiger partial charge in [0.2, 0.25) is 0 Å². The van der Waals surface area contributed by atoms with Gasteiger partial charge in [0.15, 0.2) is 0 Å². The number of rotatable bonds is 6. The van der Waals surface area contributed by atoms with Crippen molar-refractivity contribution in [2.24, 2.45) is 0 Å². The normalized spacial score (nSPS) is 10.6. The van der Waals surface area contributed by atoms with Crippen molar-refractivity contribution in [1.82, 2.24) is 5.32 Å². The first kappa shape index (κ1) is 15.4. The number of halogens is 2. The van der Waals surface area contributed by atoms with Crippen LogP contribution in [0, 0.1) is 0 Å². The Morgan fingerprint density at radius 2 is 1.90 bits per heavy atom. The SMILES string of the molecule is CCNCc1cccc(Br)c1OCc1ccc(Cl)cc1. The zero-order valence-corrected chi connectivity index (χ0v) is 13.7. The lowest BCUT2D eigenvalue weighted by Gasteiger charge is -2.13. The molecule has 4 heteroatoms. The molecule has 0 aliphatic rings. The van der Waals surface area contributed by atoms with Crippen LogP contribution < -0.4 is 10.1 Å². The number of para-hydroxylation sites is 1. The summed E-state index contributed by atoms with van der Waals surface area (Å²) in [5.74, 6) is 0.892. The lowest BCUT2D eigenvalue weighted by atomic mass is 10.2. The van der Waals surface area contributed by atoms with Crippen LogP contribution in [-0.2, 0) is 13.2 Å². The average molecular weight is 355 g/mol. The van der Waals surface area contributed by atoms with Crippen LogP contribution in [0.3, 0.4) is 0 Å². The Morgan fingerprint density at radius 1 is 1.15 bits per heavy atom. The van der Waals surface area contributed by atoms with Crippen LogP contribution in [0.25, 0.3) is 0 Å². The Bertz CT molecular complexity index is 557. The van der Waals surface area contributed by atoms with Crippen molar-refractivity contribution < 1.29 is 4.74 Å².